The largest absolute Gasteiger partial charge is 1.00 e. The molecule has 0 unspecified atom stereocenters. The maximum absolute atomic E-state index is 5.88. The van der Waals surface area contributed by atoms with Crippen molar-refractivity contribution >= 4 is 39.6 Å². The molecule has 1 aromatic carbocycles. The average molecular weight is 385 g/mol. The molecule has 0 aliphatic heterocycles. The van der Waals surface area contributed by atoms with E-state index in [4.69, 9.17) is 11.5 Å². The van der Waals surface area contributed by atoms with Gasteiger partial charge < -0.3 is 22.7 Å². The SMILES string of the molecule is Br.CC(C)(CN)SC(N)=[NH+]c1ccccc1.[Br-]. The highest BCUT2D eigenvalue weighted by Crippen LogP contribution is 2.20. The minimum Gasteiger partial charge on any atom is -1.00 e. The molecule has 0 amide bonds. The molecule has 6 heteroatoms. The van der Waals surface area contributed by atoms with Crippen molar-refractivity contribution in [2.45, 2.75) is 18.6 Å². The molecule has 0 heterocycles. The van der Waals surface area contributed by atoms with Crippen LogP contribution in [0.25, 0.3) is 0 Å². The van der Waals surface area contributed by atoms with Crippen molar-refractivity contribution in [1.29, 1.82) is 0 Å². The van der Waals surface area contributed by atoms with Crippen LogP contribution in [0.4, 0.5) is 5.69 Å². The molecule has 98 valence electrons. The highest BCUT2D eigenvalue weighted by atomic mass is 79.9. The Bertz CT molecular complexity index is 342. The highest BCUT2D eigenvalue weighted by Gasteiger charge is 2.20. The number of thioether (sulfide) groups is 1. The zero-order valence-corrected chi connectivity index (χ0v) is 14.1. The molecule has 3 nitrogen and oxygen atoms in total. The number of halogens is 2. The Morgan fingerprint density at radius 1 is 1.29 bits per heavy atom. The van der Waals surface area contributed by atoms with Crippen LogP contribution in [-0.4, -0.2) is 16.5 Å². The lowest BCUT2D eigenvalue weighted by atomic mass is 10.2. The molecule has 0 atom stereocenters. The first-order valence-electron chi connectivity index (χ1n) is 4.87. The lowest BCUT2D eigenvalue weighted by Gasteiger charge is -2.18. The van der Waals surface area contributed by atoms with Gasteiger partial charge >= 0.3 is 5.17 Å². The Kier molecular flexibility index (Phi) is 10.2. The van der Waals surface area contributed by atoms with Crippen LogP contribution in [0.1, 0.15) is 13.8 Å². The first kappa shape index (κ1) is 19.3. The first-order valence-corrected chi connectivity index (χ1v) is 5.69. The van der Waals surface area contributed by atoms with Gasteiger partial charge in [0.05, 0.1) is 0 Å². The van der Waals surface area contributed by atoms with Gasteiger partial charge in [0.1, 0.15) is 5.69 Å². The van der Waals surface area contributed by atoms with Crippen LogP contribution in [-0.2, 0) is 0 Å². The van der Waals surface area contributed by atoms with Gasteiger partial charge in [-0.3, -0.25) is 5.73 Å². The van der Waals surface area contributed by atoms with Crippen molar-refractivity contribution < 1.29 is 22.0 Å². The smallest absolute Gasteiger partial charge is 0.307 e. The van der Waals surface area contributed by atoms with E-state index in [1.165, 1.54) is 0 Å². The molecule has 5 N–H and O–H groups in total. The fraction of sp³-hybridized carbons (Fsp3) is 0.364. The van der Waals surface area contributed by atoms with Crippen molar-refractivity contribution in [1.82, 2.24) is 0 Å². The summed E-state index contributed by atoms with van der Waals surface area (Å²) in [7, 11) is 0. The summed E-state index contributed by atoms with van der Waals surface area (Å²) >= 11 is 1.56. The number of benzene rings is 1. The molecule has 0 aliphatic rings. The Hall–Kier alpha value is -0.0400. The number of amidine groups is 1. The molecule has 0 saturated heterocycles. The van der Waals surface area contributed by atoms with E-state index >= 15 is 0 Å². The monoisotopic (exact) mass is 383 g/mol. The van der Waals surface area contributed by atoms with E-state index in [0.717, 1.165) is 5.69 Å². The van der Waals surface area contributed by atoms with E-state index in [2.05, 4.69) is 18.8 Å². The maximum Gasteiger partial charge on any atom is 0.307 e. The Morgan fingerprint density at radius 3 is 2.29 bits per heavy atom. The molecule has 0 saturated carbocycles. The van der Waals surface area contributed by atoms with Crippen LogP contribution in [0.15, 0.2) is 30.3 Å². The summed E-state index contributed by atoms with van der Waals surface area (Å²) in [5.74, 6) is 0. The van der Waals surface area contributed by atoms with Crippen LogP contribution < -0.4 is 33.4 Å². The molecular weight excluding hydrogens is 366 g/mol. The van der Waals surface area contributed by atoms with Crippen molar-refractivity contribution in [3.8, 4) is 0 Å². The minimum atomic E-state index is -0.0358. The predicted octanol–water partition coefficient (Wildman–Crippen LogP) is -2.23. The summed E-state index contributed by atoms with van der Waals surface area (Å²) in [6, 6.07) is 9.85. The number of nitrogens with one attached hydrogen (secondary N) is 1. The standard InChI is InChI=1S/C11H17N3S.2BrH/c1-11(2,8-12)15-10(13)14-9-6-4-3-5-7-9;;/h3-7H,8,12H2,1-2H3,(H2,13,14);2*1H. The highest BCUT2D eigenvalue weighted by molar-refractivity contribution is 8.93. The van der Waals surface area contributed by atoms with E-state index < -0.39 is 0 Å². The third-order valence-corrected chi connectivity index (χ3v) is 2.96. The number of rotatable bonds is 3. The molecule has 0 spiro atoms. The zero-order valence-electron chi connectivity index (χ0n) is 9.94. The molecule has 17 heavy (non-hydrogen) atoms. The van der Waals surface area contributed by atoms with Gasteiger partial charge in [0, 0.05) is 11.3 Å². The summed E-state index contributed by atoms with van der Waals surface area (Å²) in [6.45, 7) is 4.73. The average Bonchev–Trinajstić information content (AvgIpc) is 2.18. The summed E-state index contributed by atoms with van der Waals surface area (Å²) < 4.78 is -0.0358. The Labute approximate surface area is 128 Å². The maximum atomic E-state index is 5.88. The van der Waals surface area contributed by atoms with Gasteiger partial charge in [-0.05, 0) is 37.7 Å². The predicted molar refractivity (Wildman–Crippen MR) is 77.3 cm³/mol. The summed E-state index contributed by atoms with van der Waals surface area (Å²) in [4.78, 5) is 3.13. The van der Waals surface area contributed by atoms with E-state index in [-0.39, 0.29) is 38.7 Å². The van der Waals surface area contributed by atoms with Crippen molar-refractivity contribution in [3.05, 3.63) is 30.3 Å². The fourth-order valence-corrected chi connectivity index (χ4v) is 1.88. The number of nitrogens with two attached hydrogens (primary N) is 2. The first-order chi connectivity index (χ1) is 7.03. The van der Waals surface area contributed by atoms with Crippen LogP contribution in [0.5, 0.6) is 0 Å². The number of para-hydroxylation sites is 1. The van der Waals surface area contributed by atoms with E-state index in [1.54, 1.807) is 11.8 Å². The van der Waals surface area contributed by atoms with Crippen molar-refractivity contribution in [2.24, 2.45) is 11.5 Å². The summed E-state index contributed by atoms with van der Waals surface area (Å²) in [5.41, 5.74) is 12.5. The summed E-state index contributed by atoms with van der Waals surface area (Å²) in [5, 5.41) is 0.677. The molecular formula is C11H19Br2N3S. The quantitative estimate of drug-likeness (QED) is 0.408. The molecule has 1 aromatic rings. The lowest BCUT2D eigenvalue weighted by Crippen LogP contribution is -3.00. The Balaban J connectivity index is 0. The van der Waals surface area contributed by atoms with Crippen LogP contribution in [0.3, 0.4) is 0 Å². The van der Waals surface area contributed by atoms with E-state index in [1.807, 2.05) is 30.3 Å². The van der Waals surface area contributed by atoms with Gasteiger partial charge in [0.15, 0.2) is 0 Å². The summed E-state index contributed by atoms with van der Waals surface area (Å²) in [6.07, 6.45) is 0. The molecule has 0 radical (unpaired) electrons. The zero-order chi connectivity index (χ0) is 11.3. The molecule has 0 aromatic heterocycles. The molecule has 0 bridgehead atoms. The van der Waals surface area contributed by atoms with E-state index in [9.17, 15) is 0 Å². The Morgan fingerprint density at radius 2 is 1.82 bits per heavy atom. The van der Waals surface area contributed by atoms with Gasteiger partial charge in [-0.15, -0.1) is 17.0 Å². The van der Waals surface area contributed by atoms with E-state index in [0.29, 0.717) is 11.7 Å². The third-order valence-electron chi connectivity index (χ3n) is 1.92. The van der Waals surface area contributed by atoms with Crippen LogP contribution >= 0.6 is 28.7 Å². The second-order valence-corrected chi connectivity index (χ2v) is 5.67. The van der Waals surface area contributed by atoms with Crippen LogP contribution in [0, 0.1) is 0 Å². The topological polar surface area (TPSA) is 66.0 Å². The third kappa shape index (κ3) is 7.81. The normalized spacial score (nSPS) is 11.4. The minimum absolute atomic E-state index is 0. The molecule has 0 aliphatic carbocycles. The number of hydrogen-bond acceptors (Lipinski definition) is 2. The lowest BCUT2D eigenvalue weighted by molar-refractivity contribution is -0.351. The van der Waals surface area contributed by atoms with Crippen molar-refractivity contribution in [2.75, 3.05) is 6.54 Å². The molecule has 0 fully saturated rings. The van der Waals surface area contributed by atoms with Gasteiger partial charge in [-0.2, -0.15) is 0 Å². The second kappa shape index (κ2) is 8.97. The molecule has 1 rings (SSSR count). The fourth-order valence-electron chi connectivity index (χ4n) is 1.03. The van der Waals surface area contributed by atoms with Gasteiger partial charge in [-0.1, -0.05) is 18.2 Å². The van der Waals surface area contributed by atoms with Crippen LogP contribution in [0.2, 0.25) is 0 Å². The second-order valence-electron chi connectivity index (χ2n) is 3.92. The van der Waals surface area contributed by atoms with Gasteiger partial charge in [0.25, 0.3) is 0 Å². The van der Waals surface area contributed by atoms with Gasteiger partial charge in [-0.25, -0.2) is 4.99 Å². The van der Waals surface area contributed by atoms with Crippen molar-refractivity contribution in [3.63, 3.8) is 0 Å². The van der Waals surface area contributed by atoms with Gasteiger partial charge in [0.2, 0.25) is 0 Å². The number of hydrogen-bond donors (Lipinski definition) is 3.